The highest BCUT2D eigenvalue weighted by Crippen LogP contribution is 2.38. The summed E-state index contributed by atoms with van der Waals surface area (Å²) in [5.41, 5.74) is 1.75. The van der Waals surface area contributed by atoms with Gasteiger partial charge in [0.25, 0.3) is 0 Å². The van der Waals surface area contributed by atoms with E-state index in [2.05, 4.69) is 9.97 Å². The Hall–Kier alpha value is -4.37. The lowest BCUT2D eigenvalue weighted by Gasteiger charge is -2.45. The van der Waals surface area contributed by atoms with Gasteiger partial charge in [-0.05, 0) is 61.6 Å². The summed E-state index contributed by atoms with van der Waals surface area (Å²) in [4.78, 5) is 44.7. The Morgan fingerprint density at radius 3 is 2.66 bits per heavy atom. The van der Waals surface area contributed by atoms with Crippen molar-refractivity contribution < 1.29 is 14.7 Å². The van der Waals surface area contributed by atoms with Crippen molar-refractivity contribution in [1.29, 1.82) is 0 Å². The fourth-order valence-electron chi connectivity index (χ4n) is 6.07. The summed E-state index contributed by atoms with van der Waals surface area (Å²) in [5.74, 6) is -1.03. The van der Waals surface area contributed by atoms with Crippen molar-refractivity contribution in [2.75, 3.05) is 18.0 Å². The molecule has 0 saturated carbocycles. The molecule has 3 aromatic heterocycles. The van der Waals surface area contributed by atoms with Crippen molar-refractivity contribution in [1.82, 2.24) is 24.4 Å². The number of pyridine rings is 2. The largest absolute Gasteiger partial charge is 0.355 e. The number of carbonyl (C=O) groups excluding carboxylic acids is 1. The monoisotopic (exact) mass is 618 g/mol. The van der Waals surface area contributed by atoms with Gasteiger partial charge in [-0.1, -0.05) is 63.7 Å². The van der Waals surface area contributed by atoms with Gasteiger partial charge in [-0.2, -0.15) is 4.98 Å². The number of fused-ring (bicyclic) bond motifs is 1. The van der Waals surface area contributed by atoms with Crippen LogP contribution in [0.15, 0.2) is 60.5 Å². The quantitative estimate of drug-likeness (QED) is 0.218. The van der Waals surface area contributed by atoms with Crippen molar-refractivity contribution in [2.45, 2.75) is 59.0 Å². The lowest BCUT2D eigenvalue weighted by molar-refractivity contribution is -0.127. The molecule has 1 amide bonds. The first-order valence-electron chi connectivity index (χ1n) is 16.5. The molecule has 8 nitrogen and oxygen atoms in total. The van der Waals surface area contributed by atoms with Gasteiger partial charge in [0.2, 0.25) is 5.91 Å². The molecule has 0 aliphatic carbocycles. The Balaban J connectivity index is 1.86. The van der Waals surface area contributed by atoms with Crippen LogP contribution >= 0.6 is 11.6 Å². The first-order chi connectivity index (χ1) is 22.8. The molecule has 0 spiro atoms. The smallest absolute Gasteiger partial charge is 0.347 e. The van der Waals surface area contributed by atoms with E-state index in [1.54, 1.807) is 18.3 Å². The molecule has 1 aliphatic heterocycles. The predicted molar refractivity (Wildman–Crippen MR) is 175 cm³/mol. The average Bonchev–Trinajstić information content (AvgIpc) is 3.03. The standard InChI is InChI=1S/C34H36ClFN6O2/c1-8-22-12-11-13-26(36)28(22)30-25(35)16-24-32(38-30)42(31-23(9-2)14-15-37-29(31)19(4)5)34(44)39-33(24)41-20(6)17-40(18-21(41)7)27(43)10-3/h8,10-16,19-21H,1,3,9,17-18H2,2,4-7H3/t20-,21-/m0/s1/i1D2,3D,10D. The molecule has 2 atom stereocenters. The second kappa shape index (κ2) is 12.3. The van der Waals surface area contributed by atoms with Crippen LogP contribution in [-0.2, 0) is 11.2 Å². The zero-order chi connectivity index (χ0) is 35.0. The van der Waals surface area contributed by atoms with Crippen LogP contribution in [0.5, 0.6) is 0 Å². The maximum atomic E-state index is 15.6. The fraction of sp³-hybridized carbons (Fsp3) is 0.324. The number of amides is 1. The molecule has 44 heavy (non-hydrogen) atoms. The number of halogens is 2. The second-order valence-corrected chi connectivity index (χ2v) is 11.7. The van der Waals surface area contributed by atoms with E-state index in [0.717, 1.165) is 5.56 Å². The molecule has 228 valence electrons. The van der Waals surface area contributed by atoms with Crippen molar-refractivity contribution in [3.63, 3.8) is 0 Å². The summed E-state index contributed by atoms with van der Waals surface area (Å²) in [6.07, 6.45) is 3.46. The van der Waals surface area contributed by atoms with Crippen LogP contribution in [0.2, 0.25) is 5.02 Å². The Bertz CT molecular complexity index is 2020. The number of benzene rings is 1. The zero-order valence-corrected chi connectivity index (χ0v) is 26.0. The van der Waals surface area contributed by atoms with E-state index in [1.165, 1.54) is 27.7 Å². The lowest BCUT2D eigenvalue weighted by atomic mass is 10.0. The highest BCUT2D eigenvalue weighted by molar-refractivity contribution is 6.34. The van der Waals surface area contributed by atoms with E-state index in [-0.39, 0.29) is 64.4 Å². The molecular weight excluding hydrogens is 579 g/mol. The van der Waals surface area contributed by atoms with Gasteiger partial charge in [0.1, 0.15) is 11.6 Å². The normalized spacial score (nSPS) is 18.6. The van der Waals surface area contributed by atoms with E-state index < -0.39 is 30.0 Å². The van der Waals surface area contributed by atoms with Gasteiger partial charge in [0.05, 0.1) is 33.0 Å². The van der Waals surface area contributed by atoms with Gasteiger partial charge in [-0.15, -0.1) is 0 Å². The first-order valence-corrected chi connectivity index (χ1v) is 14.8. The highest BCUT2D eigenvalue weighted by Gasteiger charge is 2.34. The topological polar surface area (TPSA) is 84.2 Å². The second-order valence-electron chi connectivity index (χ2n) is 11.3. The Morgan fingerprint density at radius 1 is 1.25 bits per heavy atom. The average molecular weight is 619 g/mol. The number of hydrogen-bond acceptors (Lipinski definition) is 6. The summed E-state index contributed by atoms with van der Waals surface area (Å²) in [6, 6.07) is 6.54. The number of rotatable bonds is 7. The number of carbonyl (C=O) groups is 1. The third-order valence-electron chi connectivity index (χ3n) is 8.00. The molecule has 0 unspecified atom stereocenters. The van der Waals surface area contributed by atoms with Gasteiger partial charge in [-0.3, -0.25) is 9.78 Å². The number of aryl methyl sites for hydroxylation is 1. The third kappa shape index (κ3) is 5.30. The van der Waals surface area contributed by atoms with Gasteiger partial charge >= 0.3 is 5.69 Å². The van der Waals surface area contributed by atoms with Crippen LogP contribution in [0, 0.1) is 5.82 Å². The van der Waals surface area contributed by atoms with Crippen LogP contribution in [0.4, 0.5) is 10.2 Å². The van der Waals surface area contributed by atoms with Crippen molar-refractivity contribution in [2.24, 2.45) is 0 Å². The SMILES string of the molecule is [2H]C=C([2H])C(=O)N1C[C@H](C)N(c2nc(=O)n(-c3c(CC)ccnc3C(C)C)c3nc(-c4c(F)cccc4C=C([2H])[2H])c(Cl)cc23)[C@@H](C)C1. The maximum Gasteiger partial charge on any atom is 0.355 e. The van der Waals surface area contributed by atoms with Gasteiger partial charge in [0, 0.05) is 36.9 Å². The van der Waals surface area contributed by atoms with E-state index in [4.69, 9.17) is 22.1 Å². The minimum Gasteiger partial charge on any atom is -0.347 e. The summed E-state index contributed by atoms with van der Waals surface area (Å²) in [7, 11) is 0. The van der Waals surface area contributed by atoms with Crippen LogP contribution in [0.1, 0.15) is 62.8 Å². The number of anilines is 1. The van der Waals surface area contributed by atoms with Gasteiger partial charge < -0.3 is 9.80 Å². The molecule has 4 heterocycles. The Morgan fingerprint density at radius 2 is 2.00 bits per heavy atom. The number of piperazine rings is 1. The minimum absolute atomic E-state index is 0.0211. The molecule has 1 saturated heterocycles. The third-order valence-corrected chi connectivity index (χ3v) is 8.29. The van der Waals surface area contributed by atoms with Gasteiger partial charge in [-0.25, -0.2) is 18.7 Å². The van der Waals surface area contributed by atoms with Crippen LogP contribution in [0.3, 0.4) is 0 Å². The summed E-state index contributed by atoms with van der Waals surface area (Å²) in [5, 5.41) is 0.469. The fourth-order valence-corrected chi connectivity index (χ4v) is 6.31. The molecule has 5 rings (SSSR count). The van der Waals surface area contributed by atoms with E-state index in [9.17, 15) is 9.59 Å². The molecule has 1 aliphatic rings. The van der Waals surface area contributed by atoms with Crippen molar-refractivity contribution >= 4 is 40.4 Å². The summed E-state index contributed by atoms with van der Waals surface area (Å²) >= 11 is 6.91. The predicted octanol–water partition coefficient (Wildman–Crippen LogP) is 6.58. The molecule has 1 aromatic carbocycles. The molecule has 0 radical (unpaired) electrons. The molecule has 0 bridgehead atoms. The summed E-state index contributed by atoms with van der Waals surface area (Å²) in [6.45, 7) is 10.2. The Labute approximate surface area is 267 Å². The van der Waals surface area contributed by atoms with Gasteiger partial charge in [0.15, 0.2) is 5.65 Å². The molecule has 1 fully saturated rings. The number of hydrogen-bond donors (Lipinski definition) is 0. The van der Waals surface area contributed by atoms with E-state index in [0.29, 0.717) is 29.7 Å². The Kier molecular flexibility index (Phi) is 7.30. The number of nitrogens with zero attached hydrogens (tertiary/aromatic N) is 6. The first kappa shape index (κ1) is 26.1. The molecular formula is C34H36ClFN6O2. The molecule has 0 N–H and O–H groups in total. The highest BCUT2D eigenvalue weighted by atomic mass is 35.5. The zero-order valence-electron chi connectivity index (χ0n) is 29.2. The van der Waals surface area contributed by atoms with E-state index >= 15 is 4.39 Å². The van der Waals surface area contributed by atoms with Crippen LogP contribution < -0.4 is 10.6 Å². The van der Waals surface area contributed by atoms with Crippen LogP contribution in [-0.4, -0.2) is 55.5 Å². The lowest BCUT2D eigenvalue weighted by Crippen LogP contribution is -2.58. The van der Waals surface area contributed by atoms with Crippen LogP contribution in [0.25, 0.3) is 34.1 Å². The molecule has 10 heteroatoms. The van der Waals surface area contributed by atoms with Crippen molar-refractivity contribution in [3.8, 4) is 16.9 Å². The summed E-state index contributed by atoms with van der Waals surface area (Å²) < 4.78 is 47.6. The minimum atomic E-state index is -0.668. The van der Waals surface area contributed by atoms with Crippen molar-refractivity contribution in [3.05, 3.63) is 93.8 Å². The molecule has 4 aromatic rings. The van der Waals surface area contributed by atoms with E-state index in [1.807, 2.05) is 45.6 Å². The number of aromatic nitrogens is 4. The maximum absolute atomic E-state index is 15.6.